The second kappa shape index (κ2) is 6.47. The van der Waals surface area contributed by atoms with Crippen LogP contribution < -0.4 is 5.32 Å². The number of nitrogens with one attached hydrogen (secondary N) is 1. The van der Waals surface area contributed by atoms with Gasteiger partial charge in [-0.3, -0.25) is 14.5 Å². The van der Waals surface area contributed by atoms with E-state index in [-0.39, 0.29) is 24.4 Å². The molecular formula is C16H25N3O4. The third-order valence-corrected chi connectivity index (χ3v) is 5.30. The average molecular weight is 323 g/mol. The van der Waals surface area contributed by atoms with Crippen LogP contribution >= 0.6 is 0 Å². The van der Waals surface area contributed by atoms with Crippen LogP contribution in [-0.2, 0) is 14.3 Å². The van der Waals surface area contributed by atoms with Crippen LogP contribution in [0, 0.1) is 0 Å². The van der Waals surface area contributed by atoms with E-state index in [9.17, 15) is 14.4 Å². The highest BCUT2D eigenvalue weighted by molar-refractivity contribution is 6.09. The fourth-order valence-electron chi connectivity index (χ4n) is 3.86. The summed E-state index contributed by atoms with van der Waals surface area (Å²) in [6, 6.07) is -0.218. The van der Waals surface area contributed by atoms with Gasteiger partial charge >= 0.3 is 6.03 Å². The summed E-state index contributed by atoms with van der Waals surface area (Å²) in [6.07, 6.45) is 4.99. The normalized spacial score (nSPS) is 27.4. The van der Waals surface area contributed by atoms with E-state index >= 15 is 0 Å². The zero-order valence-corrected chi connectivity index (χ0v) is 13.7. The summed E-state index contributed by atoms with van der Waals surface area (Å²) < 4.78 is 5.28. The van der Waals surface area contributed by atoms with Gasteiger partial charge in [-0.1, -0.05) is 6.92 Å². The van der Waals surface area contributed by atoms with Crippen molar-refractivity contribution in [1.82, 2.24) is 15.1 Å². The number of amides is 4. The molecule has 0 saturated carbocycles. The number of carbonyl (C=O) groups is 3. The first-order valence-corrected chi connectivity index (χ1v) is 8.59. The van der Waals surface area contributed by atoms with E-state index in [1.807, 2.05) is 4.90 Å². The molecule has 7 heteroatoms. The van der Waals surface area contributed by atoms with Crippen molar-refractivity contribution in [3.63, 3.8) is 0 Å². The predicted octanol–water partition coefficient (Wildman–Crippen LogP) is 0.878. The van der Waals surface area contributed by atoms with E-state index in [1.165, 1.54) is 0 Å². The van der Waals surface area contributed by atoms with E-state index < -0.39 is 11.6 Å². The standard InChI is InChI=1S/C16H25N3O4/c1-2-12-5-3-4-8-18(12)13(20)11-19-14(21)16(17-15(19)22)6-9-23-10-7-16/h12H,2-11H2,1H3,(H,17,22)/t12-/m1/s1. The van der Waals surface area contributed by atoms with Gasteiger partial charge in [0.1, 0.15) is 12.1 Å². The number of carbonyl (C=O) groups excluding carboxylic acids is 3. The van der Waals surface area contributed by atoms with Crippen LogP contribution in [0.3, 0.4) is 0 Å². The highest BCUT2D eigenvalue weighted by Gasteiger charge is 2.52. The van der Waals surface area contributed by atoms with Crippen molar-refractivity contribution in [2.45, 2.75) is 57.0 Å². The van der Waals surface area contributed by atoms with Gasteiger partial charge < -0.3 is 15.0 Å². The van der Waals surface area contributed by atoms with Gasteiger partial charge in [0.05, 0.1) is 0 Å². The molecule has 1 N–H and O–H groups in total. The Balaban J connectivity index is 1.68. The SMILES string of the molecule is CC[C@@H]1CCCCN1C(=O)CN1C(=O)NC2(CCOCC2)C1=O. The van der Waals surface area contributed by atoms with Crippen molar-refractivity contribution in [1.29, 1.82) is 0 Å². The molecule has 3 aliphatic rings. The molecule has 0 aromatic heterocycles. The van der Waals surface area contributed by atoms with Crippen LogP contribution in [0.1, 0.15) is 45.4 Å². The van der Waals surface area contributed by atoms with Crippen molar-refractivity contribution in [3.05, 3.63) is 0 Å². The van der Waals surface area contributed by atoms with Crippen molar-refractivity contribution >= 4 is 17.8 Å². The van der Waals surface area contributed by atoms with Crippen molar-refractivity contribution < 1.29 is 19.1 Å². The fraction of sp³-hybridized carbons (Fsp3) is 0.812. The number of imide groups is 1. The van der Waals surface area contributed by atoms with Gasteiger partial charge in [-0.15, -0.1) is 0 Å². The highest BCUT2D eigenvalue weighted by atomic mass is 16.5. The topological polar surface area (TPSA) is 79.0 Å². The van der Waals surface area contributed by atoms with Gasteiger partial charge in [-0.2, -0.15) is 0 Å². The zero-order chi connectivity index (χ0) is 16.4. The summed E-state index contributed by atoms with van der Waals surface area (Å²) >= 11 is 0. The van der Waals surface area contributed by atoms with Crippen molar-refractivity contribution in [3.8, 4) is 0 Å². The molecule has 0 aromatic rings. The number of ether oxygens (including phenoxy) is 1. The summed E-state index contributed by atoms with van der Waals surface area (Å²) in [7, 11) is 0. The molecule has 0 aliphatic carbocycles. The maximum absolute atomic E-state index is 12.7. The molecule has 4 amide bonds. The lowest BCUT2D eigenvalue weighted by molar-refractivity contribution is -0.142. The van der Waals surface area contributed by atoms with Crippen LogP contribution in [0.15, 0.2) is 0 Å². The molecule has 1 spiro atoms. The van der Waals surface area contributed by atoms with Crippen LogP contribution in [0.2, 0.25) is 0 Å². The molecule has 0 unspecified atom stereocenters. The number of hydrogen-bond acceptors (Lipinski definition) is 4. The zero-order valence-electron chi connectivity index (χ0n) is 13.7. The van der Waals surface area contributed by atoms with E-state index in [1.54, 1.807) is 0 Å². The van der Waals surface area contributed by atoms with Gasteiger partial charge in [-0.05, 0) is 25.7 Å². The van der Waals surface area contributed by atoms with Crippen LogP contribution in [0.5, 0.6) is 0 Å². The summed E-state index contributed by atoms with van der Waals surface area (Å²) in [5, 5.41) is 2.79. The minimum atomic E-state index is -0.859. The summed E-state index contributed by atoms with van der Waals surface area (Å²) in [5.41, 5.74) is -0.859. The maximum atomic E-state index is 12.7. The molecule has 3 heterocycles. The number of likely N-dealkylation sites (tertiary alicyclic amines) is 1. The van der Waals surface area contributed by atoms with Crippen molar-refractivity contribution in [2.24, 2.45) is 0 Å². The lowest BCUT2D eigenvalue weighted by Gasteiger charge is -2.36. The number of urea groups is 1. The van der Waals surface area contributed by atoms with Crippen LogP contribution in [0.4, 0.5) is 4.79 Å². The smallest absolute Gasteiger partial charge is 0.325 e. The summed E-state index contributed by atoms with van der Waals surface area (Å²) in [5.74, 6) is -0.395. The van der Waals surface area contributed by atoms with Crippen LogP contribution in [-0.4, -0.2) is 65.5 Å². The predicted molar refractivity (Wildman–Crippen MR) is 82.7 cm³/mol. The Morgan fingerprint density at radius 1 is 1.30 bits per heavy atom. The first-order chi connectivity index (χ1) is 11.1. The largest absolute Gasteiger partial charge is 0.381 e. The second-order valence-electron chi connectivity index (χ2n) is 6.66. The average Bonchev–Trinajstić information content (AvgIpc) is 2.79. The molecule has 0 aromatic carbocycles. The second-order valence-corrected chi connectivity index (χ2v) is 6.66. The quantitative estimate of drug-likeness (QED) is 0.782. The van der Waals surface area contributed by atoms with E-state index in [0.29, 0.717) is 26.1 Å². The van der Waals surface area contributed by atoms with E-state index in [2.05, 4.69) is 12.2 Å². The minimum absolute atomic E-state index is 0.121. The third-order valence-electron chi connectivity index (χ3n) is 5.30. The van der Waals surface area contributed by atoms with Crippen LogP contribution in [0.25, 0.3) is 0 Å². The molecule has 23 heavy (non-hydrogen) atoms. The van der Waals surface area contributed by atoms with Gasteiger partial charge in [0.2, 0.25) is 5.91 Å². The molecule has 3 fully saturated rings. The van der Waals surface area contributed by atoms with E-state index in [4.69, 9.17) is 4.74 Å². The Labute approximate surface area is 136 Å². The lowest BCUT2D eigenvalue weighted by atomic mass is 9.90. The first-order valence-electron chi connectivity index (χ1n) is 8.59. The monoisotopic (exact) mass is 323 g/mol. The first kappa shape index (κ1) is 16.2. The molecule has 128 valence electrons. The highest BCUT2D eigenvalue weighted by Crippen LogP contribution is 2.29. The Bertz CT molecular complexity index is 502. The Kier molecular flexibility index (Phi) is 4.57. The molecule has 1 atom stereocenters. The van der Waals surface area contributed by atoms with E-state index in [0.717, 1.165) is 37.1 Å². The van der Waals surface area contributed by atoms with Crippen molar-refractivity contribution in [2.75, 3.05) is 26.3 Å². The summed E-state index contributed by atoms with van der Waals surface area (Å²) in [6.45, 7) is 3.56. The molecule has 7 nitrogen and oxygen atoms in total. The maximum Gasteiger partial charge on any atom is 0.325 e. The molecule has 3 aliphatic heterocycles. The third kappa shape index (κ3) is 2.94. The molecule has 3 saturated heterocycles. The van der Waals surface area contributed by atoms with Gasteiger partial charge in [-0.25, -0.2) is 4.79 Å². The summed E-state index contributed by atoms with van der Waals surface area (Å²) in [4.78, 5) is 40.4. The Hall–Kier alpha value is -1.63. The molecule has 0 radical (unpaired) electrons. The molecule has 0 bridgehead atoms. The molecule has 3 rings (SSSR count). The number of piperidine rings is 1. The van der Waals surface area contributed by atoms with Gasteiger partial charge in [0.25, 0.3) is 5.91 Å². The fourth-order valence-corrected chi connectivity index (χ4v) is 3.86. The molecular weight excluding hydrogens is 298 g/mol. The van der Waals surface area contributed by atoms with Gasteiger partial charge in [0.15, 0.2) is 0 Å². The number of hydrogen-bond donors (Lipinski definition) is 1. The Morgan fingerprint density at radius 3 is 2.74 bits per heavy atom. The lowest BCUT2D eigenvalue weighted by Crippen LogP contribution is -2.52. The number of nitrogens with zero attached hydrogens (tertiary/aromatic N) is 2. The number of rotatable bonds is 3. The Morgan fingerprint density at radius 2 is 2.04 bits per heavy atom. The minimum Gasteiger partial charge on any atom is -0.381 e. The van der Waals surface area contributed by atoms with Gasteiger partial charge in [0, 0.05) is 38.6 Å².